The topological polar surface area (TPSA) is 69.7 Å². The summed E-state index contributed by atoms with van der Waals surface area (Å²) in [6.07, 6.45) is 1.58. The summed E-state index contributed by atoms with van der Waals surface area (Å²) in [6, 6.07) is 19.3. The molecule has 1 N–H and O–H groups in total. The number of nitrogens with zero attached hydrogens (tertiary/aromatic N) is 2. The van der Waals surface area contributed by atoms with Gasteiger partial charge in [0, 0.05) is 44.2 Å². The highest BCUT2D eigenvalue weighted by Gasteiger charge is 2.38. The van der Waals surface area contributed by atoms with Crippen molar-refractivity contribution in [3.63, 3.8) is 0 Å². The van der Waals surface area contributed by atoms with E-state index in [1.54, 1.807) is 4.90 Å². The Labute approximate surface area is 176 Å². The minimum Gasteiger partial charge on any atom is -0.352 e. The summed E-state index contributed by atoms with van der Waals surface area (Å²) in [7, 11) is 0. The van der Waals surface area contributed by atoms with E-state index in [9.17, 15) is 14.4 Å². The fraction of sp³-hybridized carbons (Fsp3) is 0.375. The van der Waals surface area contributed by atoms with Gasteiger partial charge in [0.25, 0.3) is 0 Å². The van der Waals surface area contributed by atoms with Crippen LogP contribution < -0.4 is 10.2 Å². The Morgan fingerprint density at radius 2 is 1.53 bits per heavy atom. The molecule has 1 atom stereocenters. The van der Waals surface area contributed by atoms with Crippen LogP contribution in [0.15, 0.2) is 60.7 Å². The van der Waals surface area contributed by atoms with E-state index in [0.717, 1.165) is 11.3 Å². The minimum absolute atomic E-state index is 0.00488. The maximum absolute atomic E-state index is 13.0. The van der Waals surface area contributed by atoms with Crippen molar-refractivity contribution in [2.45, 2.75) is 25.8 Å². The number of benzene rings is 2. The van der Waals surface area contributed by atoms with Crippen LogP contribution in [0.25, 0.3) is 0 Å². The van der Waals surface area contributed by atoms with Gasteiger partial charge in [-0.2, -0.15) is 0 Å². The van der Waals surface area contributed by atoms with Gasteiger partial charge in [0.1, 0.15) is 0 Å². The third-order valence-electron chi connectivity index (χ3n) is 6.03. The second kappa shape index (κ2) is 9.11. The Bertz CT molecular complexity index is 892. The zero-order valence-electron chi connectivity index (χ0n) is 17.0. The van der Waals surface area contributed by atoms with Crippen LogP contribution in [0.1, 0.15) is 24.8 Å². The molecule has 0 aliphatic carbocycles. The highest BCUT2D eigenvalue weighted by atomic mass is 16.2. The van der Waals surface area contributed by atoms with Crippen LogP contribution in [0.2, 0.25) is 0 Å². The Morgan fingerprint density at radius 1 is 0.900 bits per heavy atom. The summed E-state index contributed by atoms with van der Waals surface area (Å²) in [4.78, 5) is 41.4. The molecule has 0 radical (unpaired) electrons. The molecule has 6 heteroatoms. The standard InChI is InChI=1S/C24H27N3O3/c28-22-15-20(17-27(22)21-9-5-2-6-10-21)24(30)26-13-11-19(12-14-26)23(29)25-16-18-7-3-1-4-8-18/h1-10,19-20H,11-17H2,(H,25,29)/t20-/m1/s1. The molecule has 2 aromatic carbocycles. The van der Waals surface area contributed by atoms with Crippen LogP contribution in [-0.4, -0.2) is 42.3 Å². The molecule has 2 aromatic rings. The van der Waals surface area contributed by atoms with Gasteiger partial charge in [-0.05, 0) is 30.5 Å². The van der Waals surface area contributed by atoms with Crippen molar-refractivity contribution in [3.05, 3.63) is 66.2 Å². The van der Waals surface area contributed by atoms with Crippen molar-refractivity contribution in [2.75, 3.05) is 24.5 Å². The zero-order valence-corrected chi connectivity index (χ0v) is 17.0. The maximum Gasteiger partial charge on any atom is 0.228 e. The predicted octanol–water partition coefficient (Wildman–Crippen LogP) is 2.59. The van der Waals surface area contributed by atoms with E-state index >= 15 is 0 Å². The SMILES string of the molecule is O=C(NCc1ccccc1)C1CCN(C(=O)[C@@H]2CC(=O)N(c3ccccc3)C2)CC1. The van der Waals surface area contributed by atoms with Crippen LogP contribution >= 0.6 is 0 Å². The molecule has 30 heavy (non-hydrogen) atoms. The van der Waals surface area contributed by atoms with Crippen LogP contribution in [-0.2, 0) is 20.9 Å². The summed E-state index contributed by atoms with van der Waals surface area (Å²) < 4.78 is 0. The largest absolute Gasteiger partial charge is 0.352 e. The molecule has 0 spiro atoms. The summed E-state index contributed by atoms with van der Waals surface area (Å²) in [5.41, 5.74) is 1.92. The third kappa shape index (κ3) is 4.53. The number of amides is 3. The molecule has 0 aromatic heterocycles. The Morgan fingerprint density at radius 3 is 2.20 bits per heavy atom. The number of hydrogen-bond donors (Lipinski definition) is 1. The van der Waals surface area contributed by atoms with Gasteiger partial charge in [-0.25, -0.2) is 0 Å². The van der Waals surface area contributed by atoms with E-state index in [0.29, 0.717) is 39.0 Å². The van der Waals surface area contributed by atoms with Gasteiger partial charge in [0.05, 0.1) is 5.92 Å². The van der Waals surface area contributed by atoms with E-state index < -0.39 is 0 Å². The fourth-order valence-electron chi connectivity index (χ4n) is 4.28. The number of rotatable bonds is 5. The van der Waals surface area contributed by atoms with Crippen LogP contribution in [0.3, 0.4) is 0 Å². The van der Waals surface area contributed by atoms with E-state index in [-0.39, 0.29) is 36.0 Å². The van der Waals surface area contributed by atoms with Crippen LogP contribution in [0.5, 0.6) is 0 Å². The lowest BCUT2D eigenvalue weighted by atomic mass is 9.94. The predicted molar refractivity (Wildman–Crippen MR) is 114 cm³/mol. The average molecular weight is 405 g/mol. The zero-order chi connectivity index (χ0) is 20.9. The van der Waals surface area contributed by atoms with Crippen molar-refractivity contribution in [2.24, 2.45) is 11.8 Å². The third-order valence-corrected chi connectivity index (χ3v) is 6.03. The summed E-state index contributed by atoms with van der Waals surface area (Å²) in [6.45, 7) is 2.09. The second-order valence-electron chi connectivity index (χ2n) is 8.04. The number of nitrogens with one attached hydrogen (secondary N) is 1. The van der Waals surface area contributed by atoms with Crippen LogP contribution in [0.4, 0.5) is 5.69 Å². The molecule has 0 bridgehead atoms. The molecule has 2 aliphatic rings. The maximum atomic E-state index is 13.0. The molecule has 2 heterocycles. The Balaban J connectivity index is 1.26. The van der Waals surface area contributed by atoms with Crippen molar-refractivity contribution in [1.82, 2.24) is 10.2 Å². The molecule has 0 unspecified atom stereocenters. The number of likely N-dealkylation sites (tertiary alicyclic amines) is 1. The number of carbonyl (C=O) groups excluding carboxylic acids is 3. The number of para-hydroxylation sites is 1. The average Bonchev–Trinajstić information content (AvgIpc) is 3.20. The van der Waals surface area contributed by atoms with Crippen molar-refractivity contribution in [1.29, 1.82) is 0 Å². The first-order valence-corrected chi connectivity index (χ1v) is 10.6. The molecule has 2 saturated heterocycles. The van der Waals surface area contributed by atoms with Gasteiger partial charge in [0.15, 0.2) is 0 Å². The molecular weight excluding hydrogens is 378 g/mol. The molecule has 156 valence electrons. The normalized spacial score (nSPS) is 19.7. The van der Waals surface area contributed by atoms with Gasteiger partial charge in [-0.1, -0.05) is 48.5 Å². The monoisotopic (exact) mass is 405 g/mol. The lowest BCUT2D eigenvalue weighted by Crippen LogP contribution is -2.45. The second-order valence-corrected chi connectivity index (χ2v) is 8.04. The number of hydrogen-bond acceptors (Lipinski definition) is 3. The van der Waals surface area contributed by atoms with E-state index in [1.807, 2.05) is 65.6 Å². The fourth-order valence-corrected chi connectivity index (χ4v) is 4.28. The van der Waals surface area contributed by atoms with E-state index in [4.69, 9.17) is 0 Å². The Hall–Kier alpha value is -3.15. The molecule has 2 aliphatic heterocycles. The Kier molecular flexibility index (Phi) is 6.12. The number of carbonyl (C=O) groups is 3. The molecule has 3 amide bonds. The van der Waals surface area contributed by atoms with Crippen LogP contribution in [0, 0.1) is 11.8 Å². The summed E-state index contributed by atoms with van der Waals surface area (Å²) in [5, 5.41) is 3.00. The summed E-state index contributed by atoms with van der Waals surface area (Å²) in [5.74, 6) is -0.290. The highest BCUT2D eigenvalue weighted by molar-refractivity contribution is 6.00. The van der Waals surface area contributed by atoms with Crippen molar-refractivity contribution < 1.29 is 14.4 Å². The molecule has 0 saturated carbocycles. The van der Waals surface area contributed by atoms with E-state index in [1.165, 1.54) is 0 Å². The summed E-state index contributed by atoms with van der Waals surface area (Å²) >= 11 is 0. The first-order chi connectivity index (χ1) is 14.6. The van der Waals surface area contributed by atoms with Gasteiger partial charge in [-0.15, -0.1) is 0 Å². The number of piperidine rings is 1. The van der Waals surface area contributed by atoms with Gasteiger partial charge in [-0.3, -0.25) is 14.4 Å². The van der Waals surface area contributed by atoms with Gasteiger partial charge in [0.2, 0.25) is 17.7 Å². The molecule has 4 rings (SSSR count). The molecule has 6 nitrogen and oxygen atoms in total. The lowest BCUT2D eigenvalue weighted by molar-refractivity contribution is -0.139. The number of anilines is 1. The van der Waals surface area contributed by atoms with E-state index in [2.05, 4.69) is 5.32 Å². The first-order valence-electron chi connectivity index (χ1n) is 10.6. The van der Waals surface area contributed by atoms with Crippen molar-refractivity contribution in [3.8, 4) is 0 Å². The highest BCUT2D eigenvalue weighted by Crippen LogP contribution is 2.27. The minimum atomic E-state index is -0.304. The lowest BCUT2D eigenvalue weighted by Gasteiger charge is -2.33. The smallest absolute Gasteiger partial charge is 0.228 e. The first kappa shape index (κ1) is 20.1. The molecule has 2 fully saturated rings. The molecular formula is C24H27N3O3. The van der Waals surface area contributed by atoms with Crippen molar-refractivity contribution >= 4 is 23.4 Å². The van der Waals surface area contributed by atoms with Gasteiger partial charge >= 0.3 is 0 Å². The van der Waals surface area contributed by atoms with Gasteiger partial charge < -0.3 is 15.1 Å². The quantitative estimate of drug-likeness (QED) is 0.831.